The number of nitrogens with zero attached hydrogens (tertiary/aromatic N) is 1. The molecule has 1 aromatic carbocycles. The zero-order valence-corrected chi connectivity index (χ0v) is 12.9. The van der Waals surface area contributed by atoms with Gasteiger partial charge in [0.1, 0.15) is 11.5 Å². The summed E-state index contributed by atoms with van der Waals surface area (Å²) in [5.41, 5.74) is 1.89. The van der Waals surface area contributed by atoms with Crippen LogP contribution in [0.5, 0.6) is 0 Å². The van der Waals surface area contributed by atoms with Crippen LogP contribution in [0.4, 0.5) is 11.5 Å². The van der Waals surface area contributed by atoms with Gasteiger partial charge >= 0.3 is 0 Å². The molecule has 1 heterocycles. The lowest BCUT2D eigenvalue weighted by Gasteiger charge is -2.10. The van der Waals surface area contributed by atoms with Crippen molar-refractivity contribution in [1.29, 1.82) is 0 Å². The van der Waals surface area contributed by atoms with Gasteiger partial charge in [-0.05, 0) is 37.1 Å². The number of carbonyl (C=O) groups is 1. The first-order chi connectivity index (χ1) is 10.1. The molecular formula is C16H18ClN3O. The number of aromatic nitrogens is 1. The summed E-state index contributed by atoms with van der Waals surface area (Å²) in [6, 6.07) is 10.8. The molecule has 0 aliphatic rings. The van der Waals surface area contributed by atoms with Gasteiger partial charge in [0.25, 0.3) is 5.91 Å². The molecular weight excluding hydrogens is 286 g/mol. The average molecular weight is 304 g/mol. The summed E-state index contributed by atoms with van der Waals surface area (Å²) in [5.74, 6) is 0.423. The number of hydrogen-bond donors (Lipinski definition) is 2. The third-order valence-corrected chi connectivity index (χ3v) is 3.31. The van der Waals surface area contributed by atoms with Gasteiger partial charge in [-0.2, -0.15) is 0 Å². The lowest BCUT2D eigenvalue weighted by molar-refractivity contribution is 0.102. The van der Waals surface area contributed by atoms with Crippen LogP contribution in [0, 0.1) is 6.92 Å². The maximum atomic E-state index is 12.3. The van der Waals surface area contributed by atoms with Crippen LogP contribution < -0.4 is 10.6 Å². The quantitative estimate of drug-likeness (QED) is 0.873. The van der Waals surface area contributed by atoms with E-state index in [4.69, 9.17) is 11.6 Å². The third-order valence-electron chi connectivity index (χ3n) is 3.00. The van der Waals surface area contributed by atoms with E-state index >= 15 is 0 Å². The Kier molecular flexibility index (Phi) is 5.17. The minimum Gasteiger partial charge on any atom is -0.370 e. The van der Waals surface area contributed by atoms with Crippen molar-refractivity contribution in [3.05, 3.63) is 52.7 Å². The Hall–Kier alpha value is -2.07. The van der Waals surface area contributed by atoms with E-state index in [0.29, 0.717) is 22.2 Å². The Morgan fingerprint density at radius 3 is 2.71 bits per heavy atom. The first-order valence-corrected chi connectivity index (χ1v) is 7.27. The zero-order valence-electron chi connectivity index (χ0n) is 12.1. The van der Waals surface area contributed by atoms with Gasteiger partial charge in [-0.3, -0.25) is 4.79 Å². The normalized spacial score (nSPS) is 10.2. The van der Waals surface area contributed by atoms with E-state index in [9.17, 15) is 4.79 Å². The molecule has 110 valence electrons. The second-order valence-electron chi connectivity index (χ2n) is 4.72. The number of benzene rings is 1. The van der Waals surface area contributed by atoms with Gasteiger partial charge in [0.05, 0.1) is 10.7 Å². The van der Waals surface area contributed by atoms with E-state index in [1.54, 1.807) is 18.2 Å². The molecule has 21 heavy (non-hydrogen) atoms. The van der Waals surface area contributed by atoms with Crippen LogP contribution in [0.25, 0.3) is 0 Å². The molecule has 4 nitrogen and oxygen atoms in total. The molecule has 0 aliphatic heterocycles. The van der Waals surface area contributed by atoms with Crippen LogP contribution in [0.15, 0.2) is 36.4 Å². The molecule has 0 spiro atoms. The Morgan fingerprint density at radius 1 is 1.24 bits per heavy atom. The number of carbonyl (C=O) groups excluding carboxylic acids is 1. The second kappa shape index (κ2) is 7.09. The van der Waals surface area contributed by atoms with Crippen LogP contribution in [0.3, 0.4) is 0 Å². The molecule has 1 aromatic heterocycles. The Balaban J connectivity index is 2.17. The predicted molar refractivity (Wildman–Crippen MR) is 87.2 cm³/mol. The molecule has 2 aromatic rings. The summed E-state index contributed by atoms with van der Waals surface area (Å²) in [7, 11) is 0. The van der Waals surface area contributed by atoms with Crippen LogP contribution in [0.2, 0.25) is 5.02 Å². The minimum atomic E-state index is -0.272. The standard InChI is InChI=1S/C16H18ClN3O/c1-3-10-18-14-9-5-8-13(19-14)16(21)20-15-11(2)6-4-7-12(15)17/h4-9H,3,10H2,1-2H3,(H,18,19)(H,20,21). The maximum Gasteiger partial charge on any atom is 0.274 e. The van der Waals surface area contributed by atoms with Crippen molar-refractivity contribution in [3.63, 3.8) is 0 Å². The van der Waals surface area contributed by atoms with Crippen molar-refractivity contribution in [2.45, 2.75) is 20.3 Å². The lowest BCUT2D eigenvalue weighted by atomic mass is 10.2. The molecule has 0 atom stereocenters. The largest absolute Gasteiger partial charge is 0.370 e. The predicted octanol–water partition coefficient (Wildman–Crippen LogP) is 4.12. The van der Waals surface area contributed by atoms with Crippen LogP contribution >= 0.6 is 11.6 Å². The van der Waals surface area contributed by atoms with E-state index in [2.05, 4.69) is 22.5 Å². The molecule has 0 fully saturated rings. The van der Waals surface area contributed by atoms with Gasteiger partial charge in [-0.1, -0.05) is 36.7 Å². The van der Waals surface area contributed by atoms with Crippen LogP contribution in [-0.4, -0.2) is 17.4 Å². The Labute approximate surface area is 129 Å². The SMILES string of the molecule is CCCNc1cccc(C(=O)Nc2c(C)cccc2Cl)n1. The molecule has 0 radical (unpaired) electrons. The molecule has 0 aliphatic carbocycles. The fourth-order valence-corrected chi connectivity index (χ4v) is 2.15. The Bertz CT molecular complexity index is 623. The summed E-state index contributed by atoms with van der Waals surface area (Å²) in [5, 5.41) is 6.49. The smallest absolute Gasteiger partial charge is 0.274 e. The van der Waals surface area contributed by atoms with Gasteiger partial charge in [0, 0.05) is 6.54 Å². The summed E-state index contributed by atoms with van der Waals surface area (Å²) in [6.45, 7) is 4.79. The van der Waals surface area contributed by atoms with E-state index in [1.807, 2.05) is 25.1 Å². The van der Waals surface area contributed by atoms with Crippen molar-refractivity contribution < 1.29 is 4.79 Å². The fraction of sp³-hybridized carbons (Fsp3) is 0.250. The molecule has 2 N–H and O–H groups in total. The van der Waals surface area contributed by atoms with Gasteiger partial charge in [-0.25, -0.2) is 4.98 Å². The van der Waals surface area contributed by atoms with Crippen molar-refractivity contribution in [2.24, 2.45) is 0 Å². The summed E-state index contributed by atoms with van der Waals surface area (Å²) < 4.78 is 0. The highest BCUT2D eigenvalue weighted by Crippen LogP contribution is 2.25. The molecule has 0 unspecified atom stereocenters. The number of para-hydroxylation sites is 1. The first-order valence-electron chi connectivity index (χ1n) is 6.89. The van der Waals surface area contributed by atoms with Gasteiger partial charge in [0.2, 0.25) is 0 Å². The van der Waals surface area contributed by atoms with Crippen molar-refractivity contribution >= 4 is 29.0 Å². The number of rotatable bonds is 5. The van der Waals surface area contributed by atoms with Crippen LogP contribution in [0.1, 0.15) is 29.4 Å². The zero-order chi connectivity index (χ0) is 15.2. The summed E-state index contributed by atoms with van der Waals surface area (Å²) >= 11 is 6.11. The highest BCUT2D eigenvalue weighted by atomic mass is 35.5. The molecule has 0 saturated carbocycles. The maximum absolute atomic E-state index is 12.3. The number of nitrogens with one attached hydrogen (secondary N) is 2. The van der Waals surface area contributed by atoms with Gasteiger partial charge < -0.3 is 10.6 Å². The number of hydrogen-bond acceptors (Lipinski definition) is 3. The molecule has 1 amide bonds. The van der Waals surface area contributed by atoms with Crippen molar-refractivity contribution in [2.75, 3.05) is 17.2 Å². The van der Waals surface area contributed by atoms with Gasteiger partial charge in [0.15, 0.2) is 0 Å². The number of pyridine rings is 1. The lowest BCUT2D eigenvalue weighted by Crippen LogP contribution is -2.15. The topological polar surface area (TPSA) is 54.0 Å². The Morgan fingerprint density at radius 2 is 2.00 bits per heavy atom. The number of amides is 1. The molecule has 0 saturated heterocycles. The summed E-state index contributed by atoms with van der Waals surface area (Å²) in [4.78, 5) is 16.6. The molecule has 5 heteroatoms. The van der Waals surface area contributed by atoms with E-state index in [0.717, 1.165) is 18.5 Å². The fourth-order valence-electron chi connectivity index (χ4n) is 1.88. The third kappa shape index (κ3) is 3.95. The van der Waals surface area contributed by atoms with Crippen molar-refractivity contribution in [3.8, 4) is 0 Å². The second-order valence-corrected chi connectivity index (χ2v) is 5.13. The van der Waals surface area contributed by atoms with Gasteiger partial charge in [-0.15, -0.1) is 0 Å². The molecule has 2 rings (SSSR count). The first kappa shape index (κ1) is 15.3. The van der Waals surface area contributed by atoms with Crippen LogP contribution in [-0.2, 0) is 0 Å². The number of halogens is 1. The highest BCUT2D eigenvalue weighted by Gasteiger charge is 2.12. The molecule has 0 bridgehead atoms. The van der Waals surface area contributed by atoms with E-state index in [-0.39, 0.29) is 5.91 Å². The highest BCUT2D eigenvalue weighted by molar-refractivity contribution is 6.34. The average Bonchev–Trinajstić information content (AvgIpc) is 2.49. The van der Waals surface area contributed by atoms with E-state index < -0.39 is 0 Å². The number of anilines is 2. The number of aryl methyl sites for hydroxylation is 1. The minimum absolute atomic E-state index is 0.272. The van der Waals surface area contributed by atoms with E-state index in [1.165, 1.54) is 0 Å². The van der Waals surface area contributed by atoms with Crippen molar-refractivity contribution in [1.82, 2.24) is 4.98 Å². The monoisotopic (exact) mass is 303 g/mol. The summed E-state index contributed by atoms with van der Waals surface area (Å²) in [6.07, 6.45) is 0.997.